The van der Waals surface area contributed by atoms with Gasteiger partial charge < -0.3 is 15.1 Å². The lowest BCUT2D eigenvalue weighted by molar-refractivity contribution is -0.137. The van der Waals surface area contributed by atoms with Crippen molar-refractivity contribution in [3.8, 4) is 0 Å². The minimum atomic E-state index is -4.45. The second kappa shape index (κ2) is 10.9. The van der Waals surface area contributed by atoms with Crippen LogP contribution in [0, 0.1) is 0 Å². The molecule has 1 aliphatic rings. The molecule has 1 N–H and O–H groups in total. The first kappa shape index (κ1) is 24.7. The second-order valence-electron chi connectivity index (χ2n) is 8.29. The predicted molar refractivity (Wildman–Crippen MR) is 128 cm³/mol. The first-order chi connectivity index (χ1) is 16.8. The van der Waals surface area contributed by atoms with Gasteiger partial charge in [-0.05, 0) is 36.6 Å². The SMILES string of the molecule is O=C(CCN(Cc1ccccc1)C(=O)c1csc(Nc2cccc(C(F)(F)F)c2)n1)N1CCCC1. The molecule has 1 fully saturated rings. The van der Waals surface area contributed by atoms with E-state index < -0.39 is 11.7 Å². The van der Waals surface area contributed by atoms with Gasteiger partial charge >= 0.3 is 6.18 Å². The molecule has 0 spiro atoms. The number of halogens is 3. The van der Waals surface area contributed by atoms with Crippen LogP contribution in [0.3, 0.4) is 0 Å². The molecule has 35 heavy (non-hydrogen) atoms. The first-order valence-corrected chi connectivity index (χ1v) is 12.2. The van der Waals surface area contributed by atoms with Crippen molar-refractivity contribution >= 4 is 34.0 Å². The van der Waals surface area contributed by atoms with E-state index >= 15 is 0 Å². The summed E-state index contributed by atoms with van der Waals surface area (Å²) in [5.41, 5.74) is 0.554. The molecule has 1 aliphatic heterocycles. The van der Waals surface area contributed by atoms with Crippen molar-refractivity contribution < 1.29 is 22.8 Å². The van der Waals surface area contributed by atoms with Crippen molar-refractivity contribution in [3.63, 3.8) is 0 Å². The Morgan fingerprint density at radius 1 is 1.06 bits per heavy atom. The van der Waals surface area contributed by atoms with Crippen LogP contribution in [0.15, 0.2) is 60.0 Å². The van der Waals surface area contributed by atoms with Crippen LogP contribution >= 0.6 is 11.3 Å². The average molecular weight is 503 g/mol. The highest BCUT2D eigenvalue weighted by molar-refractivity contribution is 7.14. The number of carbonyl (C=O) groups excluding carboxylic acids is 2. The average Bonchev–Trinajstić information content (AvgIpc) is 3.54. The number of rotatable bonds is 8. The number of amides is 2. The number of nitrogens with one attached hydrogen (secondary N) is 1. The molecule has 4 rings (SSSR count). The van der Waals surface area contributed by atoms with E-state index in [0.717, 1.165) is 55.0 Å². The third-order valence-electron chi connectivity index (χ3n) is 5.72. The third kappa shape index (κ3) is 6.60. The summed E-state index contributed by atoms with van der Waals surface area (Å²) in [5.74, 6) is -0.310. The number of carbonyl (C=O) groups is 2. The summed E-state index contributed by atoms with van der Waals surface area (Å²) in [5, 5.41) is 4.72. The van der Waals surface area contributed by atoms with Gasteiger partial charge in [-0.3, -0.25) is 9.59 Å². The summed E-state index contributed by atoms with van der Waals surface area (Å²) < 4.78 is 39.0. The van der Waals surface area contributed by atoms with E-state index in [2.05, 4.69) is 10.3 Å². The lowest BCUT2D eigenvalue weighted by atomic mass is 10.2. The highest BCUT2D eigenvalue weighted by Gasteiger charge is 2.30. The molecule has 0 unspecified atom stereocenters. The summed E-state index contributed by atoms with van der Waals surface area (Å²) in [4.78, 5) is 33.6. The smallest absolute Gasteiger partial charge is 0.343 e. The molecular formula is C25H25F3N4O2S. The first-order valence-electron chi connectivity index (χ1n) is 11.3. The summed E-state index contributed by atoms with van der Waals surface area (Å²) >= 11 is 1.13. The van der Waals surface area contributed by atoms with Gasteiger partial charge in [0.1, 0.15) is 5.69 Å². The van der Waals surface area contributed by atoms with Gasteiger partial charge in [-0.25, -0.2) is 4.98 Å². The molecular weight excluding hydrogens is 477 g/mol. The topological polar surface area (TPSA) is 65.5 Å². The van der Waals surface area contributed by atoms with E-state index in [9.17, 15) is 22.8 Å². The van der Waals surface area contributed by atoms with Gasteiger partial charge in [0.05, 0.1) is 5.56 Å². The van der Waals surface area contributed by atoms with E-state index in [0.29, 0.717) is 11.7 Å². The number of aromatic nitrogens is 1. The number of nitrogens with zero attached hydrogens (tertiary/aromatic N) is 3. The summed E-state index contributed by atoms with van der Waals surface area (Å²) in [7, 11) is 0. The molecule has 2 amide bonds. The quantitative estimate of drug-likeness (QED) is 0.438. The highest BCUT2D eigenvalue weighted by atomic mass is 32.1. The number of thiazole rings is 1. The van der Waals surface area contributed by atoms with Gasteiger partial charge in [0.2, 0.25) is 5.91 Å². The van der Waals surface area contributed by atoms with Crippen LogP contribution in [0.1, 0.15) is 40.9 Å². The van der Waals surface area contributed by atoms with Crippen LogP contribution in [0.25, 0.3) is 0 Å². The molecule has 1 saturated heterocycles. The molecule has 0 saturated carbocycles. The zero-order chi connectivity index (χ0) is 24.8. The Kier molecular flexibility index (Phi) is 7.70. The summed E-state index contributed by atoms with van der Waals surface area (Å²) in [6.07, 6.45) is -2.23. The van der Waals surface area contributed by atoms with Gasteiger partial charge in [0, 0.05) is 43.7 Å². The number of benzene rings is 2. The number of likely N-dealkylation sites (tertiary alicyclic amines) is 1. The number of hydrogen-bond acceptors (Lipinski definition) is 5. The monoisotopic (exact) mass is 502 g/mol. The van der Waals surface area contributed by atoms with Gasteiger partial charge in [-0.2, -0.15) is 13.2 Å². The lowest BCUT2D eigenvalue weighted by Crippen LogP contribution is -2.36. The second-order valence-corrected chi connectivity index (χ2v) is 9.15. The van der Waals surface area contributed by atoms with E-state index in [-0.39, 0.29) is 36.2 Å². The maximum Gasteiger partial charge on any atom is 0.416 e. The molecule has 2 heterocycles. The molecule has 6 nitrogen and oxygen atoms in total. The third-order valence-corrected chi connectivity index (χ3v) is 6.48. The summed E-state index contributed by atoms with van der Waals surface area (Å²) in [6, 6.07) is 14.3. The molecule has 2 aromatic carbocycles. The maximum atomic E-state index is 13.3. The Labute approximate surface area is 205 Å². The molecule has 0 aliphatic carbocycles. The van der Waals surface area contributed by atoms with Crippen LogP contribution in [0.4, 0.5) is 24.0 Å². The van der Waals surface area contributed by atoms with Crippen molar-refractivity contribution in [2.24, 2.45) is 0 Å². The van der Waals surface area contributed by atoms with Crippen LogP contribution in [-0.4, -0.2) is 46.2 Å². The zero-order valence-electron chi connectivity index (χ0n) is 18.9. The Hall–Kier alpha value is -3.40. The van der Waals surface area contributed by atoms with E-state index in [1.165, 1.54) is 12.1 Å². The Morgan fingerprint density at radius 2 is 1.80 bits per heavy atom. The van der Waals surface area contributed by atoms with Gasteiger partial charge in [-0.1, -0.05) is 36.4 Å². The predicted octanol–water partition coefficient (Wildman–Crippen LogP) is 5.56. The molecule has 184 valence electrons. The van der Waals surface area contributed by atoms with E-state index in [1.54, 1.807) is 10.3 Å². The van der Waals surface area contributed by atoms with Crippen LogP contribution in [0.2, 0.25) is 0 Å². The fourth-order valence-corrected chi connectivity index (χ4v) is 4.60. The van der Waals surface area contributed by atoms with Crippen molar-refractivity contribution in [2.75, 3.05) is 25.0 Å². The molecule has 0 radical (unpaired) electrons. The Balaban J connectivity index is 1.47. The lowest BCUT2D eigenvalue weighted by Gasteiger charge is -2.23. The molecule has 0 bridgehead atoms. The number of alkyl halides is 3. The number of hydrogen-bond donors (Lipinski definition) is 1. The number of anilines is 2. The maximum absolute atomic E-state index is 13.3. The largest absolute Gasteiger partial charge is 0.416 e. The van der Waals surface area contributed by atoms with Crippen molar-refractivity contribution in [1.82, 2.24) is 14.8 Å². The van der Waals surface area contributed by atoms with Crippen LogP contribution in [-0.2, 0) is 17.5 Å². The fourth-order valence-electron chi connectivity index (χ4n) is 3.90. The zero-order valence-corrected chi connectivity index (χ0v) is 19.7. The molecule has 10 heteroatoms. The van der Waals surface area contributed by atoms with Crippen molar-refractivity contribution in [1.29, 1.82) is 0 Å². The van der Waals surface area contributed by atoms with Crippen molar-refractivity contribution in [3.05, 3.63) is 76.8 Å². The summed E-state index contributed by atoms with van der Waals surface area (Å²) in [6.45, 7) is 2.07. The van der Waals surface area contributed by atoms with E-state index in [1.807, 2.05) is 35.2 Å². The van der Waals surface area contributed by atoms with Gasteiger partial charge in [0.15, 0.2) is 5.13 Å². The Bertz CT molecular complexity index is 1160. The van der Waals surface area contributed by atoms with Crippen LogP contribution < -0.4 is 5.32 Å². The minimum Gasteiger partial charge on any atom is -0.343 e. The Morgan fingerprint density at radius 3 is 2.51 bits per heavy atom. The normalized spacial score (nSPS) is 13.6. The highest BCUT2D eigenvalue weighted by Crippen LogP contribution is 2.32. The molecule has 0 atom stereocenters. The van der Waals surface area contributed by atoms with Crippen LogP contribution in [0.5, 0.6) is 0 Å². The van der Waals surface area contributed by atoms with Gasteiger partial charge in [0.25, 0.3) is 5.91 Å². The minimum absolute atomic E-state index is 0.0264. The molecule has 1 aromatic heterocycles. The molecule has 3 aromatic rings. The fraction of sp³-hybridized carbons (Fsp3) is 0.320. The van der Waals surface area contributed by atoms with Gasteiger partial charge in [-0.15, -0.1) is 11.3 Å². The standard InChI is InChI=1S/C25H25F3N4O2S/c26-25(27,28)19-9-6-10-20(15-19)29-24-30-21(17-35-24)23(34)32(16-18-7-2-1-3-8-18)14-11-22(33)31-12-4-5-13-31/h1-3,6-10,15,17H,4-5,11-14,16H2,(H,29,30). The van der Waals surface area contributed by atoms with Crippen molar-refractivity contribution in [2.45, 2.75) is 32.0 Å². The van der Waals surface area contributed by atoms with E-state index in [4.69, 9.17) is 0 Å².